The lowest BCUT2D eigenvalue weighted by molar-refractivity contribution is -0.182. The summed E-state index contributed by atoms with van der Waals surface area (Å²) in [6, 6.07) is 14.1. The average molecular weight is 483 g/mol. The lowest BCUT2D eigenvalue weighted by Gasteiger charge is -2.31. The molecule has 1 aromatic heterocycles. The first-order valence-electron chi connectivity index (χ1n) is 12.4. The van der Waals surface area contributed by atoms with E-state index in [4.69, 9.17) is 13.9 Å². The van der Waals surface area contributed by atoms with Gasteiger partial charge in [0.15, 0.2) is 6.29 Å². The van der Waals surface area contributed by atoms with Crippen molar-refractivity contribution < 1.29 is 23.1 Å². The normalized spacial score (nSPS) is 15.5. The van der Waals surface area contributed by atoms with Gasteiger partial charge < -0.3 is 23.7 Å². The molecule has 0 bridgehead atoms. The zero-order chi connectivity index (χ0) is 24.6. The van der Waals surface area contributed by atoms with E-state index in [9.17, 15) is 9.18 Å². The molecule has 1 amide bonds. The van der Waals surface area contributed by atoms with Gasteiger partial charge in [0.25, 0.3) is 0 Å². The first-order valence-corrected chi connectivity index (χ1v) is 12.4. The summed E-state index contributed by atoms with van der Waals surface area (Å²) in [6.07, 6.45) is 4.46. The number of rotatable bonds is 11. The first kappa shape index (κ1) is 25.4. The van der Waals surface area contributed by atoms with Crippen LogP contribution in [-0.2, 0) is 27.2 Å². The third kappa shape index (κ3) is 7.37. The highest BCUT2D eigenvalue weighted by atomic mass is 19.1. The highest BCUT2D eigenvalue weighted by molar-refractivity contribution is 5.82. The monoisotopic (exact) mass is 482 g/mol. The number of halogens is 1. The minimum Gasteiger partial charge on any atom is -0.464 e. The number of benzene rings is 2. The molecular weight excluding hydrogens is 447 g/mol. The van der Waals surface area contributed by atoms with Crippen LogP contribution in [0.15, 0.2) is 59.2 Å². The van der Waals surface area contributed by atoms with E-state index in [1.165, 1.54) is 12.1 Å². The van der Waals surface area contributed by atoms with E-state index < -0.39 is 0 Å². The maximum atomic E-state index is 13.5. The number of carbonyl (C=O) groups is 1. The topological polar surface area (TPSA) is 55.2 Å². The lowest BCUT2D eigenvalue weighted by Crippen LogP contribution is -2.41. The molecule has 1 unspecified atom stereocenters. The van der Waals surface area contributed by atoms with Crippen molar-refractivity contribution in [1.29, 1.82) is 0 Å². The minimum atomic E-state index is -0.277. The Kier molecular flexibility index (Phi) is 8.90. The molecule has 1 saturated heterocycles. The summed E-state index contributed by atoms with van der Waals surface area (Å²) in [5.41, 5.74) is 2.67. The molecular formula is C28H35FN2O4. The number of hydrogen-bond donors (Lipinski definition) is 0. The van der Waals surface area contributed by atoms with E-state index >= 15 is 0 Å². The summed E-state index contributed by atoms with van der Waals surface area (Å²) in [6.45, 7) is 5.78. The van der Waals surface area contributed by atoms with E-state index in [0.717, 1.165) is 67.7 Å². The van der Waals surface area contributed by atoms with Crippen LogP contribution in [0.3, 0.4) is 0 Å². The standard InChI is InChI=1S/C28H35FN2O4/c1-21(10-13-30(2)14-11-28-34-15-3-16-35-28)31(20-22-4-7-25(29)8-5-22)27(32)19-23-6-9-26-24(18-23)12-17-33-26/h4-9,12,17-18,21,28H,3,10-11,13-16,19-20H2,1-2H3. The van der Waals surface area contributed by atoms with Gasteiger partial charge in [-0.05, 0) is 74.8 Å². The van der Waals surface area contributed by atoms with Gasteiger partial charge in [0.2, 0.25) is 5.91 Å². The number of furan rings is 1. The van der Waals surface area contributed by atoms with Crippen LogP contribution in [0.4, 0.5) is 4.39 Å². The first-order chi connectivity index (χ1) is 17.0. The third-order valence-electron chi connectivity index (χ3n) is 6.56. The Morgan fingerprint density at radius 3 is 2.57 bits per heavy atom. The maximum Gasteiger partial charge on any atom is 0.227 e. The molecule has 2 heterocycles. The molecule has 0 saturated carbocycles. The summed E-state index contributed by atoms with van der Waals surface area (Å²) in [5, 5.41) is 0.987. The zero-order valence-electron chi connectivity index (χ0n) is 20.6. The SMILES string of the molecule is CC(CCN(C)CCC1OCCCO1)N(Cc1ccc(F)cc1)C(=O)Cc1ccc2occc2c1. The van der Waals surface area contributed by atoms with Gasteiger partial charge in [-0.2, -0.15) is 0 Å². The predicted octanol–water partition coefficient (Wildman–Crippen LogP) is 5.01. The molecule has 0 spiro atoms. The second-order valence-electron chi connectivity index (χ2n) is 9.37. The highest BCUT2D eigenvalue weighted by Gasteiger charge is 2.22. The predicted molar refractivity (Wildman–Crippen MR) is 133 cm³/mol. The van der Waals surface area contributed by atoms with Crippen molar-refractivity contribution in [2.75, 3.05) is 33.4 Å². The van der Waals surface area contributed by atoms with Gasteiger partial charge in [0.05, 0.1) is 25.9 Å². The Hall–Kier alpha value is -2.74. The van der Waals surface area contributed by atoms with Crippen molar-refractivity contribution in [1.82, 2.24) is 9.80 Å². The van der Waals surface area contributed by atoms with Crippen LogP contribution in [0.2, 0.25) is 0 Å². The van der Waals surface area contributed by atoms with Gasteiger partial charge in [0, 0.05) is 30.9 Å². The number of nitrogens with zero attached hydrogens (tertiary/aromatic N) is 2. The van der Waals surface area contributed by atoms with Crippen LogP contribution in [0, 0.1) is 5.82 Å². The Morgan fingerprint density at radius 2 is 1.80 bits per heavy atom. The Balaban J connectivity index is 1.37. The van der Waals surface area contributed by atoms with E-state index in [0.29, 0.717) is 13.0 Å². The molecule has 1 fully saturated rings. The number of hydrogen-bond acceptors (Lipinski definition) is 5. The summed E-state index contributed by atoms with van der Waals surface area (Å²) in [4.78, 5) is 17.6. The second kappa shape index (κ2) is 12.3. The third-order valence-corrected chi connectivity index (χ3v) is 6.56. The number of carbonyl (C=O) groups excluding carboxylic acids is 1. The van der Waals surface area contributed by atoms with Crippen LogP contribution in [0.25, 0.3) is 11.0 Å². The minimum absolute atomic E-state index is 0.0230. The van der Waals surface area contributed by atoms with E-state index in [-0.39, 0.29) is 24.1 Å². The Morgan fingerprint density at radius 1 is 1.06 bits per heavy atom. The summed E-state index contributed by atoms with van der Waals surface area (Å²) < 4.78 is 30.1. The maximum absolute atomic E-state index is 13.5. The zero-order valence-corrected chi connectivity index (χ0v) is 20.6. The molecule has 1 aliphatic rings. The molecule has 188 valence electrons. The molecule has 0 radical (unpaired) electrons. The number of amides is 1. The fourth-order valence-corrected chi connectivity index (χ4v) is 4.38. The van der Waals surface area contributed by atoms with Gasteiger partial charge in [-0.1, -0.05) is 18.2 Å². The highest BCUT2D eigenvalue weighted by Crippen LogP contribution is 2.20. The summed E-state index contributed by atoms with van der Waals surface area (Å²) >= 11 is 0. The van der Waals surface area contributed by atoms with Gasteiger partial charge in [-0.3, -0.25) is 4.79 Å². The van der Waals surface area contributed by atoms with E-state index in [1.54, 1.807) is 18.4 Å². The largest absolute Gasteiger partial charge is 0.464 e. The van der Waals surface area contributed by atoms with Gasteiger partial charge in [-0.15, -0.1) is 0 Å². The van der Waals surface area contributed by atoms with Crippen LogP contribution in [0.5, 0.6) is 0 Å². The molecule has 7 heteroatoms. The molecule has 2 aromatic carbocycles. The van der Waals surface area contributed by atoms with Crippen molar-refractivity contribution in [3.05, 3.63) is 71.7 Å². The molecule has 0 N–H and O–H groups in total. The summed E-state index contributed by atoms with van der Waals surface area (Å²) in [7, 11) is 2.09. The Bertz CT molecular complexity index is 1080. The van der Waals surface area contributed by atoms with E-state index in [2.05, 4.69) is 18.9 Å². The summed E-state index contributed by atoms with van der Waals surface area (Å²) in [5.74, 6) is -0.225. The molecule has 1 atom stereocenters. The molecule has 0 aliphatic carbocycles. The van der Waals surface area contributed by atoms with Crippen LogP contribution in [0.1, 0.15) is 37.3 Å². The van der Waals surface area contributed by atoms with Crippen LogP contribution in [-0.4, -0.2) is 61.4 Å². The van der Waals surface area contributed by atoms with Gasteiger partial charge in [0.1, 0.15) is 11.4 Å². The van der Waals surface area contributed by atoms with E-state index in [1.807, 2.05) is 29.2 Å². The average Bonchev–Trinajstić information content (AvgIpc) is 3.34. The van der Waals surface area contributed by atoms with Crippen molar-refractivity contribution in [2.45, 2.75) is 51.5 Å². The fourth-order valence-electron chi connectivity index (χ4n) is 4.38. The van der Waals surface area contributed by atoms with Crippen molar-refractivity contribution >= 4 is 16.9 Å². The van der Waals surface area contributed by atoms with Crippen molar-refractivity contribution in [3.8, 4) is 0 Å². The van der Waals surface area contributed by atoms with Crippen molar-refractivity contribution in [2.24, 2.45) is 0 Å². The number of ether oxygens (including phenoxy) is 2. The van der Waals surface area contributed by atoms with Crippen LogP contribution < -0.4 is 0 Å². The molecule has 3 aromatic rings. The smallest absolute Gasteiger partial charge is 0.227 e. The molecule has 35 heavy (non-hydrogen) atoms. The molecule has 6 nitrogen and oxygen atoms in total. The number of fused-ring (bicyclic) bond motifs is 1. The van der Waals surface area contributed by atoms with Gasteiger partial charge in [-0.25, -0.2) is 4.39 Å². The Labute approximate surface area is 206 Å². The second-order valence-corrected chi connectivity index (χ2v) is 9.37. The van der Waals surface area contributed by atoms with Crippen molar-refractivity contribution in [3.63, 3.8) is 0 Å². The quantitative estimate of drug-likeness (QED) is 0.385. The fraction of sp³-hybridized carbons (Fsp3) is 0.464. The molecule has 1 aliphatic heterocycles. The van der Waals surface area contributed by atoms with Gasteiger partial charge >= 0.3 is 0 Å². The van der Waals surface area contributed by atoms with Crippen LogP contribution >= 0.6 is 0 Å². The molecule has 4 rings (SSSR count). The lowest BCUT2D eigenvalue weighted by atomic mass is 10.1.